The molecular formula is C25H23N3O6S2. The fourth-order valence-corrected chi connectivity index (χ4v) is 5.15. The second kappa shape index (κ2) is 10.4. The van der Waals surface area contributed by atoms with Crippen LogP contribution in [0.5, 0.6) is 5.75 Å². The molecular weight excluding hydrogens is 502 g/mol. The summed E-state index contributed by atoms with van der Waals surface area (Å²) in [6, 6.07) is 17.0. The highest BCUT2D eigenvalue weighted by atomic mass is 32.2. The molecule has 0 saturated carbocycles. The molecule has 36 heavy (non-hydrogen) atoms. The molecule has 0 radical (unpaired) electrons. The standard InChI is InChI=1S/C25H23N3O6S2/c1-32-20-10-6-18(7-11-20)19-8-12-21(13-9-19)36(30,31)25(26,24(29)35)14-2-3-15-28-27-17-23(34-28)22-5-4-16-33-22/h4-13,16-17,27H,14-15,26H2,1H3,(H,29,35). The normalized spacial score (nSPS) is 15.0. The van der Waals surface area contributed by atoms with Gasteiger partial charge in [-0.3, -0.25) is 5.43 Å². The topological polar surface area (TPSA) is 127 Å². The van der Waals surface area contributed by atoms with Gasteiger partial charge in [0.2, 0.25) is 20.5 Å². The fourth-order valence-electron chi connectivity index (χ4n) is 3.34. The van der Waals surface area contributed by atoms with Crippen LogP contribution in [0.1, 0.15) is 12.2 Å². The minimum Gasteiger partial charge on any atom is -0.500 e. The number of methoxy groups -OCH3 is 1. The molecule has 9 nitrogen and oxygen atoms in total. The first-order chi connectivity index (χ1) is 17.2. The van der Waals surface area contributed by atoms with E-state index in [1.54, 1.807) is 37.6 Å². The smallest absolute Gasteiger partial charge is 0.209 e. The molecule has 2 heterocycles. The Hall–Kier alpha value is -3.82. The van der Waals surface area contributed by atoms with E-state index in [1.807, 2.05) is 24.3 Å². The van der Waals surface area contributed by atoms with Crippen LogP contribution in [0.4, 0.5) is 0 Å². The second-order valence-electron chi connectivity index (χ2n) is 7.72. The number of rotatable bonds is 8. The molecule has 0 saturated heterocycles. The predicted molar refractivity (Wildman–Crippen MR) is 138 cm³/mol. The fraction of sp³-hybridized carbons (Fsp3) is 0.160. The maximum atomic E-state index is 13.3. The Morgan fingerprint density at radius 1 is 1.14 bits per heavy atom. The van der Waals surface area contributed by atoms with Crippen molar-refractivity contribution in [2.45, 2.75) is 16.2 Å². The summed E-state index contributed by atoms with van der Waals surface area (Å²) in [7, 11) is -2.69. The molecule has 1 aromatic heterocycles. The van der Waals surface area contributed by atoms with Crippen LogP contribution in [0.15, 0.2) is 82.4 Å². The largest absolute Gasteiger partial charge is 0.500 e. The van der Waals surface area contributed by atoms with E-state index < -0.39 is 26.2 Å². The molecule has 1 unspecified atom stereocenters. The lowest BCUT2D eigenvalue weighted by atomic mass is 10.1. The summed E-state index contributed by atoms with van der Waals surface area (Å²) < 4.78 is 37.1. The van der Waals surface area contributed by atoms with Gasteiger partial charge in [0.25, 0.3) is 0 Å². The van der Waals surface area contributed by atoms with Crippen molar-refractivity contribution in [2.24, 2.45) is 5.73 Å². The molecule has 0 amide bonds. The van der Waals surface area contributed by atoms with Crippen molar-refractivity contribution in [1.29, 1.82) is 0 Å². The molecule has 0 bridgehead atoms. The van der Waals surface area contributed by atoms with Gasteiger partial charge >= 0.3 is 0 Å². The summed E-state index contributed by atoms with van der Waals surface area (Å²) in [6.45, 7) is 0.0750. The number of hydrogen-bond acceptors (Lipinski definition) is 9. The van der Waals surface area contributed by atoms with E-state index in [0.717, 1.165) is 11.1 Å². The summed E-state index contributed by atoms with van der Waals surface area (Å²) in [6.07, 6.45) is 2.70. The molecule has 0 fully saturated rings. The monoisotopic (exact) mass is 525 g/mol. The number of sulfone groups is 1. The lowest BCUT2D eigenvalue weighted by Crippen LogP contribution is -2.53. The highest BCUT2D eigenvalue weighted by Crippen LogP contribution is 2.29. The minimum absolute atomic E-state index is 0.0750. The summed E-state index contributed by atoms with van der Waals surface area (Å²) in [5, 5.41) is 10.5. The van der Waals surface area contributed by atoms with Gasteiger partial charge in [0.05, 0.1) is 30.9 Å². The number of nitrogens with zero attached hydrogens (tertiary/aromatic N) is 1. The third-order valence-electron chi connectivity index (χ3n) is 5.44. The SMILES string of the molecule is COc1ccc(-c2ccc(S(=O)(=O)C(N)(CC#CCN3NC=C(c4ccco4)O3)C(O)=S)cc2)cc1. The maximum absolute atomic E-state index is 13.3. The zero-order chi connectivity index (χ0) is 25.8. The van der Waals surface area contributed by atoms with Crippen LogP contribution in [-0.2, 0) is 14.7 Å². The quantitative estimate of drug-likeness (QED) is 0.297. The average molecular weight is 526 g/mol. The number of hydroxylamine groups is 1. The molecule has 0 aliphatic carbocycles. The minimum atomic E-state index is -4.27. The molecule has 3 aromatic rings. The zero-order valence-corrected chi connectivity index (χ0v) is 20.8. The molecule has 1 aliphatic heterocycles. The Balaban J connectivity index is 1.45. The number of benzene rings is 2. The summed E-state index contributed by atoms with van der Waals surface area (Å²) in [4.78, 5) is 3.18. The van der Waals surface area contributed by atoms with Crippen molar-refractivity contribution in [1.82, 2.24) is 10.6 Å². The highest BCUT2D eigenvalue weighted by Gasteiger charge is 2.45. The van der Waals surface area contributed by atoms with Crippen LogP contribution in [-0.4, -0.2) is 42.3 Å². The van der Waals surface area contributed by atoms with Gasteiger partial charge in [0.15, 0.2) is 10.8 Å². The van der Waals surface area contributed by atoms with Gasteiger partial charge in [-0.25, -0.2) is 8.42 Å². The Morgan fingerprint density at radius 3 is 2.39 bits per heavy atom. The summed E-state index contributed by atoms with van der Waals surface area (Å²) >= 11 is 4.83. The number of nitrogens with one attached hydrogen (secondary N) is 1. The number of hydrogen-bond donors (Lipinski definition) is 3. The average Bonchev–Trinajstić information content (AvgIpc) is 3.59. The number of thiocarbonyl (C=S) groups is 1. The van der Waals surface area contributed by atoms with Crippen LogP contribution >= 0.6 is 12.2 Å². The maximum Gasteiger partial charge on any atom is 0.209 e. The molecule has 11 heteroatoms. The van der Waals surface area contributed by atoms with E-state index in [2.05, 4.69) is 17.3 Å². The van der Waals surface area contributed by atoms with Gasteiger partial charge in [-0.2, -0.15) is 0 Å². The number of aliphatic hydroxyl groups excluding tert-OH is 1. The molecule has 4 N–H and O–H groups in total. The van der Waals surface area contributed by atoms with E-state index in [0.29, 0.717) is 17.3 Å². The lowest BCUT2D eigenvalue weighted by Gasteiger charge is -2.25. The molecule has 1 aliphatic rings. The number of furan rings is 1. The van der Waals surface area contributed by atoms with E-state index in [9.17, 15) is 13.5 Å². The highest BCUT2D eigenvalue weighted by molar-refractivity contribution is 7.95. The Morgan fingerprint density at radius 2 is 1.81 bits per heavy atom. The summed E-state index contributed by atoms with van der Waals surface area (Å²) in [5.41, 5.74) is 10.7. The number of nitrogens with two attached hydrogens (primary N) is 1. The van der Waals surface area contributed by atoms with E-state index >= 15 is 0 Å². The van der Waals surface area contributed by atoms with Crippen molar-refractivity contribution in [2.75, 3.05) is 13.7 Å². The molecule has 0 spiro atoms. The van der Waals surface area contributed by atoms with Gasteiger partial charge in [-0.1, -0.05) is 36.1 Å². The third kappa shape index (κ3) is 5.07. The Bertz CT molecular complexity index is 1420. The van der Waals surface area contributed by atoms with Crippen molar-refractivity contribution in [3.05, 3.63) is 78.9 Å². The first kappa shape index (κ1) is 25.3. The van der Waals surface area contributed by atoms with Crippen LogP contribution < -0.4 is 15.9 Å². The number of hydrazine groups is 1. The summed E-state index contributed by atoms with van der Waals surface area (Å²) in [5.74, 6) is 7.17. The lowest BCUT2D eigenvalue weighted by molar-refractivity contribution is -0.0891. The van der Waals surface area contributed by atoms with Crippen LogP contribution in [0.2, 0.25) is 0 Å². The Labute approximate surface area is 214 Å². The van der Waals surface area contributed by atoms with E-state index in [4.69, 9.17) is 31.9 Å². The molecule has 2 aromatic carbocycles. The van der Waals surface area contributed by atoms with Gasteiger partial charge in [0.1, 0.15) is 12.3 Å². The predicted octanol–water partition coefficient (Wildman–Crippen LogP) is 3.41. The second-order valence-corrected chi connectivity index (χ2v) is 10.3. The first-order valence-electron chi connectivity index (χ1n) is 10.7. The third-order valence-corrected chi connectivity index (χ3v) is 8.12. The van der Waals surface area contributed by atoms with E-state index in [-0.39, 0.29) is 11.4 Å². The van der Waals surface area contributed by atoms with Crippen LogP contribution in [0.25, 0.3) is 16.9 Å². The van der Waals surface area contributed by atoms with Crippen molar-refractivity contribution >= 4 is 32.9 Å². The van der Waals surface area contributed by atoms with Gasteiger partial charge in [0, 0.05) is 0 Å². The zero-order valence-electron chi connectivity index (χ0n) is 19.2. The van der Waals surface area contributed by atoms with Gasteiger partial charge in [-0.15, -0.1) is 0 Å². The van der Waals surface area contributed by atoms with Gasteiger partial charge < -0.3 is 24.8 Å². The van der Waals surface area contributed by atoms with Crippen LogP contribution in [0.3, 0.4) is 0 Å². The van der Waals surface area contributed by atoms with E-state index in [1.165, 1.54) is 23.6 Å². The van der Waals surface area contributed by atoms with Gasteiger partial charge in [-0.05, 0) is 64.9 Å². The van der Waals surface area contributed by atoms with Crippen molar-refractivity contribution in [3.63, 3.8) is 0 Å². The van der Waals surface area contributed by atoms with Crippen molar-refractivity contribution in [3.8, 4) is 28.7 Å². The Kier molecular flexibility index (Phi) is 7.32. The first-order valence-corrected chi connectivity index (χ1v) is 12.6. The molecule has 1 atom stereocenters. The molecule has 4 rings (SSSR count). The number of aliphatic hydroxyl groups is 1. The molecule has 186 valence electrons. The van der Waals surface area contributed by atoms with Crippen LogP contribution in [0, 0.1) is 11.8 Å². The van der Waals surface area contributed by atoms with Crippen molar-refractivity contribution < 1.29 is 27.5 Å². The number of ether oxygens (including phenoxy) is 1.